The van der Waals surface area contributed by atoms with E-state index >= 15 is 0 Å². The number of aryl methyl sites for hydroxylation is 2. The van der Waals surface area contributed by atoms with Crippen LogP contribution in [0.2, 0.25) is 0 Å². The van der Waals surface area contributed by atoms with Gasteiger partial charge in [-0.1, -0.05) is 12.1 Å². The van der Waals surface area contributed by atoms with Gasteiger partial charge in [0.05, 0.1) is 12.5 Å². The number of carbonyl (C=O) groups is 2. The zero-order valence-electron chi connectivity index (χ0n) is 15.2. The van der Waals surface area contributed by atoms with Gasteiger partial charge in [-0.3, -0.25) is 9.59 Å². The fourth-order valence-corrected chi connectivity index (χ4v) is 3.22. The predicted octanol–water partition coefficient (Wildman–Crippen LogP) is 3.61. The highest BCUT2D eigenvalue weighted by atomic mass is 16.5. The Labute approximate surface area is 149 Å². The highest BCUT2D eigenvalue weighted by Crippen LogP contribution is 2.24. The van der Waals surface area contributed by atoms with Gasteiger partial charge in [-0.15, -0.1) is 0 Å². The van der Waals surface area contributed by atoms with Crippen LogP contribution in [0.15, 0.2) is 18.2 Å². The number of aliphatic carboxylic acids is 1. The number of hydrogen-bond acceptors (Lipinski definition) is 3. The molecule has 2 N–H and O–H groups in total. The van der Waals surface area contributed by atoms with E-state index in [0.717, 1.165) is 37.0 Å². The predicted molar refractivity (Wildman–Crippen MR) is 96.8 cm³/mol. The number of rotatable bonds is 8. The molecule has 1 aliphatic rings. The van der Waals surface area contributed by atoms with Crippen LogP contribution >= 0.6 is 0 Å². The van der Waals surface area contributed by atoms with Crippen molar-refractivity contribution in [2.45, 2.75) is 64.8 Å². The van der Waals surface area contributed by atoms with E-state index in [1.165, 1.54) is 5.56 Å². The largest absolute Gasteiger partial charge is 0.493 e. The third-order valence-electron chi connectivity index (χ3n) is 4.84. The summed E-state index contributed by atoms with van der Waals surface area (Å²) < 4.78 is 5.80. The van der Waals surface area contributed by atoms with E-state index in [2.05, 4.69) is 17.4 Å². The quantitative estimate of drug-likeness (QED) is 0.704. The molecular formula is C20H29NO4. The maximum absolute atomic E-state index is 12.0. The summed E-state index contributed by atoms with van der Waals surface area (Å²) in [6, 6.07) is 6.29. The Bertz CT molecular complexity index is 591. The number of carbonyl (C=O) groups excluding carboxylic acids is 1. The minimum absolute atomic E-state index is 0.0607. The minimum atomic E-state index is -0.714. The van der Waals surface area contributed by atoms with Crippen LogP contribution in [0.4, 0.5) is 0 Å². The van der Waals surface area contributed by atoms with E-state index < -0.39 is 5.97 Å². The average Bonchev–Trinajstić information content (AvgIpc) is 2.58. The molecule has 25 heavy (non-hydrogen) atoms. The zero-order chi connectivity index (χ0) is 18.2. The summed E-state index contributed by atoms with van der Waals surface area (Å²) in [5.74, 6) is 0.0224. The Balaban J connectivity index is 1.58. The maximum Gasteiger partial charge on any atom is 0.306 e. The molecule has 0 unspecified atom stereocenters. The fraction of sp³-hybridized carbons (Fsp3) is 0.600. The van der Waals surface area contributed by atoms with Crippen molar-refractivity contribution in [1.29, 1.82) is 0 Å². The van der Waals surface area contributed by atoms with Gasteiger partial charge in [0.1, 0.15) is 5.75 Å². The number of nitrogens with one attached hydrogen (secondary N) is 1. The molecular weight excluding hydrogens is 318 g/mol. The molecule has 1 aliphatic carbocycles. The van der Waals surface area contributed by atoms with Crippen molar-refractivity contribution in [3.63, 3.8) is 0 Å². The van der Waals surface area contributed by atoms with Gasteiger partial charge >= 0.3 is 5.97 Å². The van der Waals surface area contributed by atoms with Crippen molar-refractivity contribution in [1.82, 2.24) is 5.32 Å². The van der Waals surface area contributed by atoms with Crippen LogP contribution in [-0.2, 0) is 9.59 Å². The van der Waals surface area contributed by atoms with Crippen LogP contribution in [0.25, 0.3) is 0 Å². The second-order valence-corrected chi connectivity index (χ2v) is 7.03. The van der Waals surface area contributed by atoms with E-state index in [9.17, 15) is 9.59 Å². The molecule has 0 radical (unpaired) electrons. The Kier molecular flexibility index (Phi) is 7.29. The molecule has 0 saturated heterocycles. The molecule has 0 aromatic heterocycles. The summed E-state index contributed by atoms with van der Waals surface area (Å²) in [4.78, 5) is 22.9. The molecule has 138 valence electrons. The van der Waals surface area contributed by atoms with Crippen molar-refractivity contribution in [3.8, 4) is 5.75 Å². The first-order chi connectivity index (χ1) is 12.0. The van der Waals surface area contributed by atoms with Crippen LogP contribution in [0.1, 0.15) is 56.1 Å². The van der Waals surface area contributed by atoms with Crippen molar-refractivity contribution < 1.29 is 19.4 Å². The molecule has 1 aromatic carbocycles. The van der Waals surface area contributed by atoms with Crippen molar-refractivity contribution in [2.24, 2.45) is 5.92 Å². The Morgan fingerprint density at radius 2 is 1.88 bits per heavy atom. The van der Waals surface area contributed by atoms with Crippen LogP contribution in [0.5, 0.6) is 5.75 Å². The third kappa shape index (κ3) is 6.40. The van der Waals surface area contributed by atoms with Crippen LogP contribution in [-0.4, -0.2) is 29.6 Å². The monoisotopic (exact) mass is 347 g/mol. The molecule has 2 rings (SSSR count). The zero-order valence-corrected chi connectivity index (χ0v) is 15.2. The van der Waals surface area contributed by atoms with Gasteiger partial charge in [-0.25, -0.2) is 0 Å². The molecule has 0 spiro atoms. The lowest BCUT2D eigenvalue weighted by Gasteiger charge is -2.26. The Morgan fingerprint density at radius 1 is 1.16 bits per heavy atom. The van der Waals surface area contributed by atoms with Crippen molar-refractivity contribution in [2.75, 3.05) is 6.61 Å². The van der Waals surface area contributed by atoms with E-state index in [0.29, 0.717) is 25.9 Å². The summed E-state index contributed by atoms with van der Waals surface area (Å²) in [7, 11) is 0. The lowest BCUT2D eigenvalue weighted by Crippen LogP contribution is -2.38. The summed E-state index contributed by atoms with van der Waals surface area (Å²) >= 11 is 0. The number of carboxylic acid groups (broad SMARTS) is 1. The summed E-state index contributed by atoms with van der Waals surface area (Å²) in [6.45, 7) is 4.68. The summed E-state index contributed by atoms with van der Waals surface area (Å²) in [5.41, 5.74) is 2.30. The second kappa shape index (κ2) is 9.44. The number of amides is 1. The van der Waals surface area contributed by atoms with Crippen LogP contribution in [0.3, 0.4) is 0 Å². The fourth-order valence-electron chi connectivity index (χ4n) is 3.22. The normalized spacial score (nSPS) is 20.1. The van der Waals surface area contributed by atoms with E-state index in [-0.39, 0.29) is 17.9 Å². The van der Waals surface area contributed by atoms with Gasteiger partial charge < -0.3 is 15.2 Å². The molecule has 1 aromatic rings. The molecule has 1 saturated carbocycles. The molecule has 0 heterocycles. The smallest absolute Gasteiger partial charge is 0.306 e. The van der Waals surface area contributed by atoms with E-state index in [1.54, 1.807) is 0 Å². The molecule has 5 heteroatoms. The minimum Gasteiger partial charge on any atom is -0.493 e. The maximum atomic E-state index is 12.0. The highest BCUT2D eigenvalue weighted by molar-refractivity contribution is 5.76. The second-order valence-electron chi connectivity index (χ2n) is 7.03. The van der Waals surface area contributed by atoms with Crippen LogP contribution in [0, 0.1) is 19.8 Å². The molecule has 1 amide bonds. The highest BCUT2D eigenvalue weighted by Gasteiger charge is 2.26. The molecule has 0 aliphatic heterocycles. The number of benzene rings is 1. The first kappa shape index (κ1) is 19.3. The van der Waals surface area contributed by atoms with Gasteiger partial charge in [0.2, 0.25) is 5.91 Å². The topological polar surface area (TPSA) is 75.6 Å². The first-order valence-electron chi connectivity index (χ1n) is 9.18. The van der Waals surface area contributed by atoms with Gasteiger partial charge in [0.25, 0.3) is 0 Å². The van der Waals surface area contributed by atoms with Crippen molar-refractivity contribution >= 4 is 11.9 Å². The van der Waals surface area contributed by atoms with Crippen molar-refractivity contribution in [3.05, 3.63) is 29.3 Å². The SMILES string of the molecule is Cc1ccc(C)c(OCCCCC(=O)NC2CCC(C(=O)O)CC2)c1. The summed E-state index contributed by atoms with van der Waals surface area (Å²) in [5, 5.41) is 12.0. The number of unbranched alkanes of at least 4 members (excludes halogenated alkanes) is 1. The molecule has 0 bridgehead atoms. The van der Waals surface area contributed by atoms with Gasteiger partial charge in [-0.2, -0.15) is 0 Å². The molecule has 5 nitrogen and oxygen atoms in total. The van der Waals surface area contributed by atoms with Crippen LogP contribution < -0.4 is 10.1 Å². The van der Waals surface area contributed by atoms with Gasteiger partial charge in [0.15, 0.2) is 0 Å². The van der Waals surface area contributed by atoms with E-state index in [1.807, 2.05) is 19.9 Å². The summed E-state index contributed by atoms with van der Waals surface area (Å²) in [6.07, 6.45) is 4.97. The Morgan fingerprint density at radius 3 is 2.56 bits per heavy atom. The lowest BCUT2D eigenvalue weighted by atomic mass is 9.86. The number of ether oxygens (including phenoxy) is 1. The molecule has 0 atom stereocenters. The number of carboxylic acids is 1. The number of hydrogen-bond donors (Lipinski definition) is 2. The first-order valence-corrected chi connectivity index (χ1v) is 9.18. The standard InChI is InChI=1S/C20H29NO4/c1-14-6-7-15(2)18(13-14)25-12-4-3-5-19(22)21-17-10-8-16(9-11-17)20(23)24/h6-7,13,16-17H,3-5,8-12H2,1-2H3,(H,21,22)(H,23,24). The average molecular weight is 347 g/mol. The lowest BCUT2D eigenvalue weighted by molar-refractivity contribution is -0.142. The molecule has 1 fully saturated rings. The van der Waals surface area contributed by atoms with Gasteiger partial charge in [0, 0.05) is 12.5 Å². The van der Waals surface area contributed by atoms with E-state index in [4.69, 9.17) is 9.84 Å². The van der Waals surface area contributed by atoms with Gasteiger partial charge in [-0.05, 0) is 69.6 Å². The third-order valence-corrected chi connectivity index (χ3v) is 4.84. The Hall–Kier alpha value is -2.04.